The largest absolute Gasteiger partial charge is 0.254 e. The lowest BCUT2D eigenvalue weighted by Gasteiger charge is -1.99. The fraction of sp³-hybridized carbons (Fsp3) is 0.667. The minimum absolute atomic E-state index is 0.0810. The molecule has 0 aliphatic carbocycles. The van der Waals surface area contributed by atoms with Crippen LogP contribution in [0.2, 0.25) is 0 Å². The standard InChI is InChI=1S/C6H12N/c1-3-5-6(7)4-2/h3,6-7H,1,4-5H2,2H3. The first kappa shape index (κ1) is 6.70. The second kappa shape index (κ2) is 3.88. The first-order valence-corrected chi connectivity index (χ1v) is 2.63. The van der Waals surface area contributed by atoms with E-state index in [0.717, 1.165) is 12.8 Å². The van der Waals surface area contributed by atoms with E-state index < -0.39 is 0 Å². The van der Waals surface area contributed by atoms with Crippen molar-refractivity contribution < 1.29 is 0 Å². The fourth-order valence-corrected chi connectivity index (χ4v) is 0.368. The van der Waals surface area contributed by atoms with Gasteiger partial charge in [0.15, 0.2) is 0 Å². The lowest BCUT2D eigenvalue weighted by molar-refractivity contribution is 0.640. The van der Waals surface area contributed by atoms with Gasteiger partial charge in [0, 0.05) is 6.04 Å². The molecule has 0 aromatic carbocycles. The van der Waals surface area contributed by atoms with Gasteiger partial charge in [-0.15, -0.1) is 6.58 Å². The van der Waals surface area contributed by atoms with Gasteiger partial charge in [0.25, 0.3) is 0 Å². The van der Waals surface area contributed by atoms with Gasteiger partial charge in [-0.3, -0.25) is 5.73 Å². The molecule has 0 heterocycles. The van der Waals surface area contributed by atoms with Gasteiger partial charge < -0.3 is 0 Å². The van der Waals surface area contributed by atoms with E-state index in [-0.39, 0.29) is 6.04 Å². The highest BCUT2D eigenvalue weighted by atomic mass is 14.6. The van der Waals surface area contributed by atoms with Crippen molar-refractivity contribution in [2.24, 2.45) is 0 Å². The molecule has 1 heteroatoms. The molecule has 1 N–H and O–H groups in total. The summed E-state index contributed by atoms with van der Waals surface area (Å²) in [6.07, 6.45) is 3.56. The maximum Gasteiger partial charge on any atom is 0.0244 e. The molecule has 0 saturated heterocycles. The molecule has 0 bridgehead atoms. The Morgan fingerprint density at radius 3 is 2.57 bits per heavy atom. The molecule has 0 amide bonds. The summed E-state index contributed by atoms with van der Waals surface area (Å²) in [6, 6.07) is 0.0810. The van der Waals surface area contributed by atoms with Crippen LogP contribution in [0, 0.1) is 0 Å². The molecule has 41 valence electrons. The molecule has 1 nitrogen and oxygen atoms in total. The van der Waals surface area contributed by atoms with Gasteiger partial charge in [0.05, 0.1) is 0 Å². The van der Waals surface area contributed by atoms with Crippen LogP contribution in [0.1, 0.15) is 19.8 Å². The zero-order valence-corrected chi connectivity index (χ0v) is 4.78. The van der Waals surface area contributed by atoms with Crippen molar-refractivity contribution in [1.29, 1.82) is 0 Å². The third kappa shape index (κ3) is 3.53. The molecule has 0 aliphatic heterocycles. The van der Waals surface area contributed by atoms with Gasteiger partial charge in [0.1, 0.15) is 0 Å². The van der Waals surface area contributed by atoms with Crippen molar-refractivity contribution in [3.05, 3.63) is 12.7 Å². The summed E-state index contributed by atoms with van der Waals surface area (Å²) in [4.78, 5) is 0. The summed E-state index contributed by atoms with van der Waals surface area (Å²) in [7, 11) is 0. The Balaban J connectivity index is 2.98. The molecule has 1 unspecified atom stereocenters. The quantitative estimate of drug-likeness (QED) is 0.479. The summed E-state index contributed by atoms with van der Waals surface area (Å²) in [5.74, 6) is 0. The van der Waals surface area contributed by atoms with E-state index in [0.29, 0.717) is 0 Å². The highest BCUT2D eigenvalue weighted by molar-refractivity contribution is 4.73. The number of rotatable bonds is 3. The van der Waals surface area contributed by atoms with Gasteiger partial charge in [0.2, 0.25) is 0 Å². The third-order valence-corrected chi connectivity index (χ3v) is 0.944. The van der Waals surface area contributed by atoms with Gasteiger partial charge in [-0.1, -0.05) is 13.0 Å². The lowest BCUT2D eigenvalue weighted by atomic mass is 10.2. The van der Waals surface area contributed by atoms with Gasteiger partial charge in [-0.05, 0) is 12.8 Å². The monoisotopic (exact) mass is 98.1 g/mol. The van der Waals surface area contributed by atoms with Crippen LogP contribution >= 0.6 is 0 Å². The predicted molar refractivity (Wildman–Crippen MR) is 32.0 cm³/mol. The highest BCUT2D eigenvalue weighted by Crippen LogP contribution is 1.93. The van der Waals surface area contributed by atoms with Crippen LogP contribution in [0.3, 0.4) is 0 Å². The lowest BCUT2D eigenvalue weighted by Crippen LogP contribution is -2.03. The summed E-state index contributed by atoms with van der Waals surface area (Å²) < 4.78 is 0. The van der Waals surface area contributed by atoms with Gasteiger partial charge >= 0.3 is 0 Å². The Morgan fingerprint density at radius 2 is 2.43 bits per heavy atom. The fourth-order valence-electron chi connectivity index (χ4n) is 0.368. The van der Waals surface area contributed by atoms with E-state index in [9.17, 15) is 0 Å². The molecule has 0 saturated carbocycles. The van der Waals surface area contributed by atoms with Crippen molar-refractivity contribution in [2.45, 2.75) is 25.8 Å². The SMILES string of the molecule is C=CCC([NH])CC. The molecule has 0 spiro atoms. The molecule has 1 atom stereocenters. The van der Waals surface area contributed by atoms with Crippen LogP contribution in [0.5, 0.6) is 0 Å². The summed E-state index contributed by atoms with van der Waals surface area (Å²) in [6.45, 7) is 5.54. The number of hydrogen-bond acceptors (Lipinski definition) is 0. The van der Waals surface area contributed by atoms with Crippen LogP contribution in [0.4, 0.5) is 0 Å². The molecule has 0 fully saturated rings. The van der Waals surface area contributed by atoms with Crippen molar-refractivity contribution in [2.75, 3.05) is 0 Å². The van der Waals surface area contributed by atoms with E-state index in [4.69, 9.17) is 5.73 Å². The normalized spacial score (nSPS) is 13.4. The van der Waals surface area contributed by atoms with E-state index in [1.807, 2.05) is 6.92 Å². The minimum Gasteiger partial charge on any atom is -0.254 e. The van der Waals surface area contributed by atoms with Gasteiger partial charge in [-0.25, -0.2) is 0 Å². The van der Waals surface area contributed by atoms with Crippen molar-refractivity contribution in [3.8, 4) is 0 Å². The summed E-state index contributed by atoms with van der Waals surface area (Å²) >= 11 is 0. The van der Waals surface area contributed by atoms with Crippen LogP contribution in [-0.4, -0.2) is 6.04 Å². The molecule has 0 aliphatic rings. The van der Waals surface area contributed by atoms with Crippen LogP contribution in [0.25, 0.3) is 0 Å². The second-order valence-corrected chi connectivity index (χ2v) is 1.63. The van der Waals surface area contributed by atoms with Crippen LogP contribution in [0.15, 0.2) is 12.7 Å². The zero-order chi connectivity index (χ0) is 5.70. The van der Waals surface area contributed by atoms with E-state index >= 15 is 0 Å². The summed E-state index contributed by atoms with van der Waals surface area (Å²) in [5, 5.41) is 0. The Bertz CT molecular complexity index is 50.1. The predicted octanol–water partition coefficient (Wildman–Crippen LogP) is 1.62. The molecule has 7 heavy (non-hydrogen) atoms. The Morgan fingerprint density at radius 1 is 1.86 bits per heavy atom. The van der Waals surface area contributed by atoms with Crippen molar-refractivity contribution >= 4 is 0 Å². The first-order chi connectivity index (χ1) is 3.31. The number of nitrogens with one attached hydrogen (secondary N) is 1. The third-order valence-electron chi connectivity index (χ3n) is 0.944. The zero-order valence-electron chi connectivity index (χ0n) is 4.78. The number of hydrogen-bond donors (Lipinski definition) is 0. The highest BCUT2D eigenvalue weighted by Gasteiger charge is 1.92. The van der Waals surface area contributed by atoms with Crippen LogP contribution < -0.4 is 5.73 Å². The maximum atomic E-state index is 7.15. The Labute approximate surface area is 45.2 Å². The maximum absolute atomic E-state index is 7.15. The first-order valence-electron chi connectivity index (χ1n) is 2.63. The topological polar surface area (TPSA) is 23.8 Å². The molecular formula is C6H12N. The van der Waals surface area contributed by atoms with Crippen molar-refractivity contribution in [1.82, 2.24) is 5.73 Å². The Hall–Kier alpha value is -0.300. The minimum atomic E-state index is 0.0810. The van der Waals surface area contributed by atoms with Crippen molar-refractivity contribution in [3.63, 3.8) is 0 Å². The molecule has 0 rings (SSSR count). The summed E-state index contributed by atoms with van der Waals surface area (Å²) in [5.41, 5.74) is 7.15. The van der Waals surface area contributed by atoms with E-state index in [2.05, 4.69) is 6.58 Å². The van der Waals surface area contributed by atoms with Gasteiger partial charge in [-0.2, -0.15) is 0 Å². The molecule has 0 aromatic rings. The average Bonchev–Trinajstić information content (AvgIpc) is 1.68. The van der Waals surface area contributed by atoms with E-state index in [1.54, 1.807) is 6.08 Å². The molecular weight excluding hydrogens is 86.1 g/mol. The smallest absolute Gasteiger partial charge is 0.0244 e. The molecule has 1 radical (unpaired) electrons. The Kier molecular flexibility index (Phi) is 3.71. The second-order valence-electron chi connectivity index (χ2n) is 1.63. The van der Waals surface area contributed by atoms with E-state index in [1.165, 1.54) is 0 Å². The molecule has 0 aromatic heterocycles. The van der Waals surface area contributed by atoms with Crippen LogP contribution in [-0.2, 0) is 0 Å². The average molecular weight is 98.2 g/mol.